The molecule has 0 bridgehead atoms. The fraction of sp³-hybridized carbons (Fsp3) is 1.00. The van der Waals surface area contributed by atoms with Crippen molar-refractivity contribution in [1.82, 2.24) is 7.42 Å². The van der Waals surface area contributed by atoms with Crippen molar-refractivity contribution in [2.24, 2.45) is 0 Å². The molecule has 0 aromatic carbocycles. The summed E-state index contributed by atoms with van der Waals surface area (Å²) in [6.07, 6.45) is 10.6. The van der Waals surface area contributed by atoms with Crippen LogP contribution in [-0.2, 0) is 0 Å². The zero-order valence-electron chi connectivity index (χ0n) is 9.01. The summed E-state index contributed by atoms with van der Waals surface area (Å²) in [4.78, 5) is 0. The largest absolute Gasteiger partial charge is 0.180 e. The number of nitrogens with zero attached hydrogens (tertiary/aromatic N) is 2. The highest BCUT2D eigenvalue weighted by Gasteiger charge is 2.26. The van der Waals surface area contributed by atoms with Gasteiger partial charge in [-0.05, 0) is 25.7 Å². The van der Waals surface area contributed by atoms with Crippen molar-refractivity contribution < 1.29 is 0 Å². The average molecular weight is 264 g/mol. The Hall–Kier alpha value is 0.970. The van der Waals surface area contributed by atoms with Gasteiger partial charge >= 0.3 is 0 Å². The molecule has 2 nitrogen and oxygen atoms in total. The van der Waals surface area contributed by atoms with Gasteiger partial charge in [0.2, 0.25) is 0 Å². The van der Waals surface area contributed by atoms with Crippen LogP contribution in [0.15, 0.2) is 0 Å². The quantitative estimate of drug-likeness (QED) is 0.590. The van der Waals surface area contributed by atoms with Crippen molar-refractivity contribution in [2.75, 3.05) is 0 Å². The molecule has 0 saturated heterocycles. The summed E-state index contributed by atoms with van der Waals surface area (Å²) in [5.41, 5.74) is 0. The van der Waals surface area contributed by atoms with Crippen molar-refractivity contribution in [2.45, 2.75) is 63.5 Å². The number of hydrogen-bond donors (Lipinski definition) is 2. The lowest BCUT2D eigenvalue weighted by molar-refractivity contribution is 0.482. The lowest BCUT2D eigenvalue weighted by Gasteiger charge is -2.28. The highest BCUT2D eigenvalue weighted by Crippen LogP contribution is 2.36. The van der Waals surface area contributed by atoms with Crippen LogP contribution in [0.5, 0.6) is 0 Å². The summed E-state index contributed by atoms with van der Waals surface area (Å²) < 4.78 is 4.22. The van der Waals surface area contributed by atoms with E-state index in [0.29, 0.717) is 12.1 Å². The van der Waals surface area contributed by atoms with E-state index in [1.807, 2.05) is 0 Å². The molecule has 0 radical (unpaired) electrons. The van der Waals surface area contributed by atoms with Crippen LogP contribution >= 0.6 is 37.8 Å². The number of rotatable bonds is 4. The first-order valence-corrected chi connectivity index (χ1v) is 7.44. The van der Waals surface area contributed by atoms with E-state index < -0.39 is 0 Å². The summed E-state index contributed by atoms with van der Waals surface area (Å²) >= 11 is 10.8. The van der Waals surface area contributed by atoms with Crippen LogP contribution < -0.4 is 0 Å². The standard InChI is InChI=1S/C10H20N2S3/c13-11(9-5-1-2-6-9)15-12(14)10-7-3-4-8-10/h9-10,13-14H,1-8H2. The van der Waals surface area contributed by atoms with Gasteiger partial charge in [0.15, 0.2) is 0 Å². The molecule has 0 aliphatic heterocycles. The monoisotopic (exact) mass is 264 g/mol. The van der Waals surface area contributed by atoms with E-state index in [0.717, 1.165) is 0 Å². The van der Waals surface area contributed by atoms with Gasteiger partial charge in [0.1, 0.15) is 0 Å². The Morgan fingerprint density at radius 1 is 0.733 bits per heavy atom. The molecule has 0 heterocycles. The van der Waals surface area contributed by atoms with Crippen LogP contribution in [0.25, 0.3) is 0 Å². The molecular formula is C10H20N2S3. The molecule has 0 atom stereocenters. The third-order valence-electron chi connectivity index (χ3n) is 3.44. The van der Waals surface area contributed by atoms with Gasteiger partial charge in [0, 0.05) is 24.2 Å². The van der Waals surface area contributed by atoms with E-state index in [2.05, 4.69) is 33.1 Å². The second-order valence-corrected chi connectivity index (χ2v) is 6.92. The van der Waals surface area contributed by atoms with Gasteiger partial charge < -0.3 is 0 Å². The Morgan fingerprint density at radius 2 is 1.07 bits per heavy atom. The predicted molar refractivity (Wildman–Crippen MR) is 73.8 cm³/mol. The minimum Gasteiger partial charge on any atom is -0.180 e. The van der Waals surface area contributed by atoms with Gasteiger partial charge in [0.05, 0.1) is 0 Å². The van der Waals surface area contributed by atoms with Crippen molar-refractivity contribution >= 4 is 37.8 Å². The van der Waals surface area contributed by atoms with Crippen LogP contribution in [0.3, 0.4) is 0 Å². The smallest absolute Gasteiger partial charge is 0.0325 e. The Bertz CT molecular complexity index is 171. The Morgan fingerprint density at radius 3 is 1.40 bits per heavy atom. The number of thiol groups is 2. The zero-order chi connectivity index (χ0) is 10.7. The molecule has 2 rings (SSSR count). The van der Waals surface area contributed by atoms with Gasteiger partial charge in [0.25, 0.3) is 0 Å². The summed E-state index contributed by atoms with van der Waals surface area (Å²) in [5, 5.41) is 0. The molecule has 0 aromatic rings. The predicted octanol–water partition coefficient (Wildman–Crippen LogP) is 3.73. The van der Waals surface area contributed by atoms with Crippen LogP contribution in [0.1, 0.15) is 51.4 Å². The summed E-state index contributed by atoms with van der Waals surface area (Å²) in [7, 11) is 0. The Kier molecular flexibility index (Phi) is 5.01. The van der Waals surface area contributed by atoms with Gasteiger partial charge in [-0.2, -0.15) is 7.42 Å². The molecule has 15 heavy (non-hydrogen) atoms. The second kappa shape index (κ2) is 6.05. The van der Waals surface area contributed by atoms with Gasteiger partial charge in [-0.1, -0.05) is 51.3 Å². The van der Waals surface area contributed by atoms with E-state index in [9.17, 15) is 0 Å². The molecule has 0 aromatic heterocycles. The molecular weight excluding hydrogens is 244 g/mol. The minimum absolute atomic E-state index is 0.648. The normalized spacial score (nSPS) is 24.8. The average Bonchev–Trinajstić information content (AvgIpc) is 2.91. The zero-order valence-corrected chi connectivity index (χ0v) is 11.6. The third kappa shape index (κ3) is 3.46. The maximum Gasteiger partial charge on any atom is 0.0325 e. The van der Waals surface area contributed by atoms with Crippen LogP contribution in [-0.4, -0.2) is 19.5 Å². The maximum absolute atomic E-state index is 4.56. The highest BCUT2D eigenvalue weighted by atomic mass is 32.2. The molecule has 0 N–H and O–H groups in total. The van der Waals surface area contributed by atoms with E-state index in [1.165, 1.54) is 51.4 Å². The van der Waals surface area contributed by atoms with Crippen molar-refractivity contribution in [1.29, 1.82) is 0 Å². The minimum atomic E-state index is 0.648. The summed E-state index contributed by atoms with van der Waals surface area (Å²) in [5.74, 6) is 0. The molecule has 0 unspecified atom stereocenters. The van der Waals surface area contributed by atoms with E-state index in [1.54, 1.807) is 12.1 Å². The van der Waals surface area contributed by atoms with Crippen LogP contribution in [0, 0.1) is 0 Å². The maximum atomic E-state index is 4.56. The van der Waals surface area contributed by atoms with Crippen molar-refractivity contribution in [3.63, 3.8) is 0 Å². The number of hydrogen-bond acceptors (Lipinski definition) is 5. The first kappa shape index (κ1) is 12.4. The van der Waals surface area contributed by atoms with Crippen LogP contribution in [0.4, 0.5) is 0 Å². The third-order valence-corrected chi connectivity index (χ3v) is 5.46. The Balaban J connectivity index is 1.74. The Labute approximate surface area is 109 Å². The second-order valence-electron chi connectivity index (χ2n) is 4.56. The lowest BCUT2D eigenvalue weighted by atomic mass is 10.3. The summed E-state index contributed by atoms with van der Waals surface area (Å²) in [6, 6.07) is 1.30. The van der Waals surface area contributed by atoms with Crippen molar-refractivity contribution in [3.8, 4) is 0 Å². The van der Waals surface area contributed by atoms with Crippen molar-refractivity contribution in [3.05, 3.63) is 0 Å². The SMILES string of the molecule is SN(SN(S)C1CCCC1)C1CCCC1. The summed E-state index contributed by atoms with van der Waals surface area (Å²) in [6.45, 7) is 0. The topological polar surface area (TPSA) is 6.48 Å². The van der Waals surface area contributed by atoms with Gasteiger partial charge in [-0.15, -0.1) is 0 Å². The van der Waals surface area contributed by atoms with Gasteiger partial charge in [-0.25, -0.2) is 0 Å². The molecule has 2 fully saturated rings. The van der Waals surface area contributed by atoms with E-state index in [-0.39, 0.29) is 0 Å². The molecule has 0 spiro atoms. The molecule has 0 amide bonds. The van der Waals surface area contributed by atoms with Gasteiger partial charge in [-0.3, -0.25) is 0 Å². The first-order chi connectivity index (χ1) is 7.27. The molecule has 2 saturated carbocycles. The highest BCUT2D eigenvalue weighted by molar-refractivity contribution is 8.09. The molecule has 2 aliphatic carbocycles. The lowest BCUT2D eigenvalue weighted by Crippen LogP contribution is -2.26. The molecule has 88 valence electrons. The molecule has 2 aliphatic rings. The van der Waals surface area contributed by atoms with Crippen LogP contribution in [0.2, 0.25) is 0 Å². The fourth-order valence-corrected chi connectivity index (χ4v) is 4.44. The molecule has 5 heteroatoms. The fourth-order valence-electron chi connectivity index (χ4n) is 2.47. The van der Waals surface area contributed by atoms with E-state index >= 15 is 0 Å². The van der Waals surface area contributed by atoms with E-state index in [4.69, 9.17) is 0 Å². The first-order valence-electron chi connectivity index (χ1n) is 5.91.